The lowest BCUT2D eigenvalue weighted by molar-refractivity contribution is -0.136. The lowest BCUT2D eigenvalue weighted by Gasteiger charge is -1.93. The monoisotopic (exact) mass is 216 g/mol. The normalized spacial score (nSPS) is 10.8. The van der Waals surface area contributed by atoms with E-state index in [0.29, 0.717) is 5.69 Å². The van der Waals surface area contributed by atoms with Crippen LogP contribution in [0.5, 0.6) is 0 Å². The third-order valence-corrected chi connectivity index (χ3v) is 2.69. The zero-order valence-electron chi connectivity index (χ0n) is 6.40. The third kappa shape index (κ3) is 1.40. The molecular weight excluding hydrogens is 212 g/mol. The minimum absolute atomic E-state index is 0.100. The Morgan fingerprint density at radius 3 is 3.23 bits per heavy atom. The lowest BCUT2D eigenvalue weighted by atomic mass is 10.3. The highest BCUT2D eigenvalue weighted by molar-refractivity contribution is 7.15. The summed E-state index contributed by atoms with van der Waals surface area (Å²) in [5.74, 6) is -0.908. The summed E-state index contributed by atoms with van der Waals surface area (Å²) in [5, 5.41) is 10.7. The van der Waals surface area contributed by atoms with Gasteiger partial charge in [-0.3, -0.25) is 9.20 Å². The van der Waals surface area contributed by atoms with Crippen molar-refractivity contribution in [1.29, 1.82) is 0 Å². The Morgan fingerprint density at radius 2 is 2.54 bits per heavy atom. The first-order valence-corrected chi connectivity index (χ1v) is 4.76. The van der Waals surface area contributed by atoms with E-state index in [1.54, 1.807) is 10.6 Å². The summed E-state index contributed by atoms with van der Waals surface area (Å²) in [5.41, 5.74) is 0.533. The van der Waals surface area contributed by atoms with Crippen molar-refractivity contribution in [3.05, 3.63) is 22.4 Å². The van der Waals surface area contributed by atoms with E-state index in [1.165, 1.54) is 11.3 Å². The maximum Gasteiger partial charge on any atom is 0.309 e. The lowest BCUT2D eigenvalue weighted by Crippen LogP contribution is -2.02. The van der Waals surface area contributed by atoms with Gasteiger partial charge in [-0.1, -0.05) is 11.6 Å². The summed E-state index contributed by atoms with van der Waals surface area (Å²) >= 11 is 7.19. The van der Waals surface area contributed by atoms with Crippen molar-refractivity contribution in [1.82, 2.24) is 9.38 Å². The molecule has 0 bridgehead atoms. The molecule has 6 heteroatoms. The van der Waals surface area contributed by atoms with Gasteiger partial charge in [-0.15, -0.1) is 11.3 Å². The molecule has 13 heavy (non-hydrogen) atoms. The van der Waals surface area contributed by atoms with Crippen LogP contribution in [0.25, 0.3) is 4.96 Å². The summed E-state index contributed by atoms with van der Waals surface area (Å²) in [7, 11) is 0. The van der Waals surface area contributed by atoms with Crippen LogP contribution in [-0.2, 0) is 11.2 Å². The van der Waals surface area contributed by atoms with Crippen LogP contribution >= 0.6 is 22.9 Å². The molecule has 0 unspecified atom stereocenters. The molecule has 2 heterocycles. The number of carbonyl (C=O) groups is 1. The zero-order chi connectivity index (χ0) is 9.42. The van der Waals surface area contributed by atoms with Crippen molar-refractivity contribution in [3.63, 3.8) is 0 Å². The fourth-order valence-electron chi connectivity index (χ4n) is 1.11. The number of aromatic nitrogens is 2. The fraction of sp³-hybridized carbons (Fsp3) is 0.143. The van der Waals surface area contributed by atoms with Crippen LogP contribution in [0.15, 0.2) is 11.6 Å². The first-order valence-electron chi connectivity index (χ1n) is 3.50. The standard InChI is InChI=1S/C7H5ClN2O2S/c8-6-4(3-5(11)12)10-1-2-13-7(10)9-6/h1-2H,3H2,(H,11,12). The summed E-state index contributed by atoms with van der Waals surface area (Å²) in [6.07, 6.45) is 1.66. The molecule has 0 saturated heterocycles. The van der Waals surface area contributed by atoms with Crippen LogP contribution in [0, 0.1) is 0 Å². The van der Waals surface area contributed by atoms with E-state index in [9.17, 15) is 4.79 Å². The first-order chi connectivity index (χ1) is 6.18. The van der Waals surface area contributed by atoms with E-state index in [-0.39, 0.29) is 11.6 Å². The molecule has 0 atom stereocenters. The predicted molar refractivity (Wildman–Crippen MR) is 49.4 cm³/mol. The SMILES string of the molecule is O=C(O)Cc1c(Cl)nc2sccn12. The van der Waals surface area contributed by atoms with Crippen LogP contribution in [0.3, 0.4) is 0 Å². The van der Waals surface area contributed by atoms with Crippen LogP contribution < -0.4 is 0 Å². The minimum Gasteiger partial charge on any atom is -0.481 e. The van der Waals surface area contributed by atoms with E-state index in [4.69, 9.17) is 16.7 Å². The van der Waals surface area contributed by atoms with Crippen LogP contribution in [-0.4, -0.2) is 20.5 Å². The molecule has 1 N–H and O–H groups in total. The summed E-state index contributed by atoms with van der Waals surface area (Å²) in [6, 6.07) is 0. The van der Waals surface area contributed by atoms with Gasteiger partial charge in [0.05, 0.1) is 12.1 Å². The topological polar surface area (TPSA) is 54.6 Å². The van der Waals surface area contributed by atoms with Gasteiger partial charge in [0.2, 0.25) is 0 Å². The maximum absolute atomic E-state index is 10.5. The van der Waals surface area contributed by atoms with E-state index in [0.717, 1.165) is 4.96 Å². The number of fused-ring (bicyclic) bond motifs is 1. The van der Waals surface area contributed by atoms with Crippen LogP contribution in [0.1, 0.15) is 5.69 Å². The second-order valence-corrected chi connectivity index (χ2v) is 3.71. The first kappa shape index (κ1) is 8.52. The predicted octanol–water partition coefficient (Wildman–Crippen LogP) is 1.68. The number of halogens is 1. The van der Waals surface area contributed by atoms with Gasteiger partial charge < -0.3 is 5.11 Å². The average Bonchev–Trinajstić information content (AvgIpc) is 2.55. The summed E-state index contributed by atoms with van der Waals surface area (Å²) in [4.78, 5) is 15.2. The van der Waals surface area contributed by atoms with Crippen molar-refractivity contribution >= 4 is 33.9 Å². The molecule has 4 nitrogen and oxygen atoms in total. The van der Waals surface area contributed by atoms with Crippen LogP contribution in [0.2, 0.25) is 5.15 Å². The number of imidazole rings is 1. The second kappa shape index (κ2) is 3.01. The van der Waals surface area contributed by atoms with Gasteiger partial charge in [0.25, 0.3) is 0 Å². The number of carboxylic acids is 1. The average molecular weight is 217 g/mol. The Bertz CT molecular complexity index is 462. The molecule has 0 saturated carbocycles. The molecule has 0 aliphatic heterocycles. The molecule has 0 spiro atoms. The molecular formula is C7H5ClN2O2S. The largest absolute Gasteiger partial charge is 0.481 e. The number of hydrogen-bond donors (Lipinski definition) is 1. The van der Waals surface area contributed by atoms with E-state index >= 15 is 0 Å². The van der Waals surface area contributed by atoms with Gasteiger partial charge in [0, 0.05) is 11.6 Å². The van der Waals surface area contributed by atoms with Gasteiger partial charge >= 0.3 is 5.97 Å². The molecule has 68 valence electrons. The second-order valence-electron chi connectivity index (χ2n) is 2.48. The van der Waals surface area contributed by atoms with Gasteiger partial charge in [-0.25, -0.2) is 4.98 Å². The third-order valence-electron chi connectivity index (χ3n) is 1.63. The molecule has 2 aromatic rings. The molecule has 0 aliphatic carbocycles. The van der Waals surface area contributed by atoms with Gasteiger partial charge in [-0.2, -0.15) is 0 Å². The Balaban J connectivity index is 2.57. The highest BCUT2D eigenvalue weighted by atomic mass is 35.5. The molecule has 2 rings (SSSR count). The van der Waals surface area contributed by atoms with Crippen molar-refractivity contribution in [2.24, 2.45) is 0 Å². The highest BCUT2D eigenvalue weighted by Crippen LogP contribution is 2.21. The maximum atomic E-state index is 10.5. The summed E-state index contributed by atoms with van der Waals surface area (Å²) < 4.78 is 1.70. The van der Waals surface area contributed by atoms with Gasteiger partial charge in [0.1, 0.15) is 0 Å². The Labute approximate surface area is 82.4 Å². The van der Waals surface area contributed by atoms with E-state index in [2.05, 4.69) is 4.98 Å². The molecule has 0 aliphatic rings. The Morgan fingerprint density at radius 1 is 1.77 bits per heavy atom. The molecule has 0 fully saturated rings. The van der Waals surface area contributed by atoms with E-state index < -0.39 is 5.97 Å². The number of hydrogen-bond acceptors (Lipinski definition) is 3. The van der Waals surface area contributed by atoms with Crippen molar-refractivity contribution < 1.29 is 9.90 Å². The smallest absolute Gasteiger partial charge is 0.309 e. The quantitative estimate of drug-likeness (QED) is 0.831. The molecule has 0 aromatic carbocycles. The van der Waals surface area contributed by atoms with Crippen LogP contribution in [0.4, 0.5) is 0 Å². The highest BCUT2D eigenvalue weighted by Gasteiger charge is 2.13. The Hall–Kier alpha value is -1.07. The number of rotatable bonds is 2. The molecule has 0 amide bonds. The summed E-state index contributed by atoms with van der Waals surface area (Å²) in [6.45, 7) is 0. The number of nitrogens with zero attached hydrogens (tertiary/aromatic N) is 2. The zero-order valence-corrected chi connectivity index (χ0v) is 7.97. The van der Waals surface area contributed by atoms with Gasteiger partial charge in [0.15, 0.2) is 10.1 Å². The van der Waals surface area contributed by atoms with Gasteiger partial charge in [-0.05, 0) is 0 Å². The fourth-order valence-corrected chi connectivity index (χ4v) is 2.13. The molecule has 0 radical (unpaired) electrons. The number of thiazole rings is 1. The minimum atomic E-state index is -0.908. The van der Waals surface area contributed by atoms with E-state index in [1.807, 2.05) is 5.38 Å². The number of carboxylic acid groups (broad SMARTS) is 1. The number of aliphatic carboxylic acids is 1. The molecule has 2 aromatic heterocycles. The van der Waals surface area contributed by atoms with Crippen molar-refractivity contribution in [2.75, 3.05) is 0 Å². The Kier molecular flexibility index (Phi) is 1.97. The van der Waals surface area contributed by atoms with Crippen molar-refractivity contribution in [2.45, 2.75) is 6.42 Å². The van der Waals surface area contributed by atoms with Crippen molar-refractivity contribution in [3.8, 4) is 0 Å².